The Morgan fingerprint density at radius 2 is 2.07 bits per heavy atom. The second-order valence-electron chi connectivity index (χ2n) is 4.38. The zero-order valence-corrected chi connectivity index (χ0v) is 9.38. The Bertz CT molecular complexity index is 172. The lowest BCUT2D eigenvalue weighted by atomic mass is 9.66. The van der Waals surface area contributed by atoms with Crippen LogP contribution in [0.2, 0.25) is 0 Å². The summed E-state index contributed by atoms with van der Waals surface area (Å²) in [7, 11) is 0. The molecule has 0 spiro atoms. The maximum Gasteiger partial charge on any atom is 0.0732 e. The predicted octanol–water partition coefficient (Wildman–Crippen LogP) is 1.29. The van der Waals surface area contributed by atoms with Crippen molar-refractivity contribution in [2.75, 3.05) is 19.8 Å². The van der Waals surface area contributed by atoms with Crippen LogP contribution in [0.15, 0.2) is 0 Å². The van der Waals surface area contributed by atoms with Crippen molar-refractivity contribution < 1.29 is 9.84 Å². The van der Waals surface area contributed by atoms with E-state index in [1.807, 2.05) is 13.8 Å². The second kappa shape index (κ2) is 4.60. The summed E-state index contributed by atoms with van der Waals surface area (Å²) in [5, 5.41) is 10.5. The lowest BCUT2D eigenvalue weighted by Crippen LogP contribution is -2.56. The molecule has 0 aromatic heterocycles. The number of hydrogen-bond acceptors (Lipinski definition) is 3. The van der Waals surface area contributed by atoms with Crippen molar-refractivity contribution in [2.24, 2.45) is 11.1 Å². The largest absolute Gasteiger partial charge is 0.389 e. The zero-order chi connectivity index (χ0) is 10.7. The molecule has 3 nitrogen and oxygen atoms in total. The molecule has 1 aliphatic heterocycles. The minimum Gasteiger partial charge on any atom is -0.389 e. The molecular formula is C11H23NO2. The lowest BCUT2D eigenvalue weighted by Gasteiger charge is -2.48. The summed E-state index contributed by atoms with van der Waals surface area (Å²) in [5.74, 6) is 0. The van der Waals surface area contributed by atoms with E-state index in [0.29, 0.717) is 13.2 Å². The van der Waals surface area contributed by atoms with Crippen LogP contribution in [0.4, 0.5) is 0 Å². The third kappa shape index (κ3) is 1.81. The van der Waals surface area contributed by atoms with Gasteiger partial charge < -0.3 is 15.6 Å². The van der Waals surface area contributed by atoms with E-state index >= 15 is 0 Å². The highest BCUT2D eigenvalue weighted by Gasteiger charge is 2.48. The number of aliphatic hydroxyl groups is 1. The van der Waals surface area contributed by atoms with Crippen LogP contribution in [0.5, 0.6) is 0 Å². The average molecular weight is 201 g/mol. The Morgan fingerprint density at radius 1 is 1.43 bits per heavy atom. The van der Waals surface area contributed by atoms with Crippen LogP contribution >= 0.6 is 0 Å². The minimum atomic E-state index is -0.651. The molecule has 0 aliphatic carbocycles. The minimum absolute atomic E-state index is 0.214. The van der Waals surface area contributed by atoms with Crippen LogP contribution in [0.1, 0.15) is 39.5 Å². The average Bonchev–Trinajstić information content (AvgIpc) is 2.28. The van der Waals surface area contributed by atoms with Gasteiger partial charge in [-0.2, -0.15) is 0 Å². The van der Waals surface area contributed by atoms with Gasteiger partial charge in [-0.3, -0.25) is 0 Å². The van der Waals surface area contributed by atoms with E-state index in [2.05, 4.69) is 0 Å². The molecule has 1 fully saturated rings. The Balaban J connectivity index is 2.85. The Morgan fingerprint density at radius 3 is 2.43 bits per heavy atom. The van der Waals surface area contributed by atoms with E-state index < -0.39 is 5.60 Å². The van der Waals surface area contributed by atoms with Gasteiger partial charge in [-0.15, -0.1) is 0 Å². The molecule has 0 bridgehead atoms. The van der Waals surface area contributed by atoms with Crippen LogP contribution < -0.4 is 5.73 Å². The molecule has 1 aliphatic rings. The summed E-state index contributed by atoms with van der Waals surface area (Å²) >= 11 is 0. The summed E-state index contributed by atoms with van der Waals surface area (Å²) in [5.41, 5.74) is 4.97. The highest BCUT2D eigenvalue weighted by atomic mass is 16.5. The lowest BCUT2D eigenvalue weighted by molar-refractivity contribution is -0.147. The quantitative estimate of drug-likeness (QED) is 0.720. The first-order valence-electron chi connectivity index (χ1n) is 5.64. The Kier molecular flexibility index (Phi) is 3.93. The molecule has 1 heterocycles. The molecule has 3 heteroatoms. The van der Waals surface area contributed by atoms with Gasteiger partial charge in [0.15, 0.2) is 0 Å². The monoisotopic (exact) mass is 201 g/mol. The number of hydrogen-bond donors (Lipinski definition) is 2. The maximum absolute atomic E-state index is 10.5. The third-order valence-electron chi connectivity index (χ3n) is 3.87. The topological polar surface area (TPSA) is 55.5 Å². The maximum atomic E-state index is 10.5. The molecule has 0 saturated carbocycles. The van der Waals surface area contributed by atoms with Gasteiger partial charge in [-0.1, -0.05) is 13.8 Å². The fourth-order valence-corrected chi connectivity index (χ4v) is 2.57. The van der Waals surface area contributed by atoms with E-state index in [0.717, 1.165) is 32.3 Å². The van der Waals surface area contributed by atoms with Gasteiger partial charge in [-0.25, -0.2) is 0 Å². The molecule has 1 rings (SSSR count). The highest BCUT2D eigenvalue weighted by Crippen LogP contribution is 2.42. The van der Waals surface area contributed by atoms with Crippen molar-refractivity contribution in [1.82, 2.24) is 0 Å². The standard InChI is InChI=1S/C11H23NO2/c1-3-11(13,4-2)10(8-12)6-5-7-14-9-10/h13H,3-9,12H2,1-2H3. The fraction of sp³-hybridized carbons (Fsp3) is 1.00. The van der Waals surface area contributed by atoms with Crippen molar-refractivity contribution in [3.63, 3.8) is 0 Å². The van der Waals surface area contributed by atoms with Gasteiger partial charge in [0.2, 0.25) is 0 Å². The highest BCUT2D eigenvalue weighted by molar-refractivity contribution is 4.99. The van der Waals surface area contributed by atoms with Crippen LogP contribution in [0.25, 0.3) is 0 Å². The van der Waals surface area contributed by atoms with Gasteiger partial charge in [-0.05, 0) is 25.7 Å². The van der Waals surface area contributed by atoms with Crippen LogP contribution in [-0.4, -0.2) is 30.5 Å². The van der Waals surface area contributed by atoms with Crippen molar-refractivity contribution in [3.8, 4) is 0 Å². The van der Waals surface area contributed by atoms with Crippen molar-refractivity contribution in [3.05, 3.63) is 0 Å². The molecule has 0 aromatic rings. The molecule has 3 N–H and O–H groups in total. The van der Waals surface area contributed by atoms with Crippen molar-refractivity contribution in [2.45, 2.75) is 45.1 Å². The van der Waals surface area contributed by atoms with E-state index in [-0.39, 0.29) is 5.41 Å². The number of ether oxygens (including phenoxy) is 1. The van der Waals surface area contributed by atoms with Crippen LogP contribution in [-0.2, 0) is 4.74 Å². The molecule has 14 heavy (non-hydrogen) atoms. The molecule has 1 saturated heterocycles. The summed E-state index contributed by atoms with van der Waals surface area (Å²) in [6, 6.07) is 0. The first kappa shape index (κ1) is 12.0. The van der Waals surface area contributed by atoms with Gasteiger partial charge in [0.25, 0.3) is 0 Å². The van der Waals surface area contributed by atoms with Gasteiger partial charge >= 0.3 is 0 Å². The van der Waals surface area contributed by atoms with Gasteiger partial charge in [0.1, 0.15) is 0 Å². The first-order valence-corrected chi connectivity index (χ1v) is 5.64. The number of rotatable bonds is 4. The van der Waals surface area contributed by atoms with Crippen molar-refractivity contribution >= 4 is 0 Å². The molecule has 1 atom stereocenters. The van der Waals surface area contributed by atoms with E-state index in [1.54, 1.807) is 0 Å². The first-order chi connectivity index (χ1) is 6.64. The number of nitrogens with two attached hydrogens (primary N) is 1. The van der Waals surface area contributed by atoms with Gasteiger partial charge in [0.05, 0.1) is 12.2 Å². The normalized spacial score (nSPS) is 29.1. The molecule has 1 unspecified atom stereocenters. The third-order valence-corrected chi connectivity index (χ3v) is 3.87. The molecule has 0 radical (unpaired) electrons. The summed E-state index contributed by atoms with van der Waals surface area (Å²) in [4.78, 5) is 0. The zero-order valence-electron chi connectivity index (χ0n) is 9.38. The van der Waals surface area contributed by atoms with E-state index in [1.165, 1.54) is 0 Å². The fourth-order valence-electron chi connectivity index (χ4n) is 2.57. The molecule has 84 valence electrons. The second-order valence-corrected chi connectivity index (χ2v) is 4.38. The summed E-state index contributed by atoms with van der Waals surface area (Å²) in [6.07, 6.45) is 3.51. The van der Waals surface area contributed by atoms with Gasteiger partial charge in [0, 0.05) is 18.6 Å². The van der Waals surface area contributed by atoms with Crippen LogP contribution in [0, 0.1) is 5.41 Å². The molecule has 0 amide bonds. The molecule has 0 aromatic carbocycles. The van der Waals surface area contributed by atoms with Crippen LogP contribution in [0.3, 0.4) is 0 Å². The Hall–Kier alpha value is -0.120. The van der Waals surface area contributed by atoms with E-state index in [4.69, 9.17) is 10.5 Å². The summed E-state index contributed by atoms with van der Waals surface area (Å²) in [6.45, 7) is 5.99. The van der Waals surface area contributed by atoms with E-state index in [9.17, 15) is 5.11 Å². The SMILES string of the molecule is CCC(O)(CC)C1(CN)CCCOC1. The Labute approximate surface area is 86.6 Å². The summed E-state index contributed by atoms with van der Waals surface area (Å²) < 4.78 is 5.49. The molecular weight excluding hydrogens is 178 g/mol. The van der Waals surface area contributed by atoms with Crippen molar-refractivity contribution in [1.29, 1.82) is 0 Å². The smallest absolute Gasteiger partial charge is 0.0732 e. The predicted molar refractivity (Wildman–Crippen MR) is 57.1 cm³/mol.